The molecule has 9 nitrogen and oxygen atoms in total. The monoisotopic (exact) mass is 536 g/mol. The fraction of sp³-hybridized carbons (Fsp3) is 0.138. The topological polar surface area (TPSA) is 108 Å². The van der Waals surface area contributed by atoms with Crippen LogP contribution in [0.25, 0.3) is 16.6 Å². The van der Waals surface area contributed by atoms with E-state index in [4.69, 9.17) is 32.5 Å². The van der Waals surface area contributed by atoms with Crippen LogP contribution in [0.3, 0.4) is 0 Å². The van der Waals surface area contributed by atoms with E-state index in [0.717, 1.165) is 16.8 Å². The van der Waals surface area contributed by atoms with Crippen LogP contribution >= 0.6 is 11.6 Å². The van der Waals surface area contributed by atoms with Gasteiger partial charge >= 0.3 is 0 Å². The third-order valence-corrected chi connectivity index (χ3v) is 6.42. The maximum Gasteiger partial charge on any atom is 0.268 e. The number of para-hydroxylation sites is 1. The Morgan fingerprint density at radius 3 is 2.77 bits per heavy atom. The van der Waals surface area contributed by atoms with Gasteiger partial charge in [-0.2, -0.15) is 10.4 Å². The lowest BCUT2D eigenvalue weighted by atomic mass is 10.1. The Bertz CT molecular complexity index is 1860. The third-order valence-electron chi connectivity index (χ3n) is 6.08. The van der Waals surface area contributed by atoms with Crippen molar-refractivity contribution < 1.29 is 9.47 Å². The zero-order valence-electron chi connectivity index (χ0n) is 21.1. The number of benzene rings is 1. The van der Waals surface area contributed by atoms with Crippen LogP contribution in [0.1, 0.15) is 28.1 Å². The SMILES string of the molecule is C#Cc1cnn(-c2cc(C)nc3c(OCc4c(Cl)cc(OC)nc4Cn4cccc(C#N)c4=O)cccc23)c1. The first-order chi connectivity index (χ1) is 18.9. The molecule has 0 spiro atoms. The molecule has 0 aliphatic carbocycles. The van der Waals surface area contributed by atoms with Crippen LogP contribution in [0, 0.1) is 30.6 Å². The molecule has 0 saturated heterocycles. The third kappa shape index (κ3) is 5.04. The largest absolute Gasteiger partial charge is 0.486 e. The molecular formula is C29H21ClN6O3. The number of rotatable bonds is 7. The minimum Gasteiger partial charge on any atom is -0.486 e. The molecule has 0 bridgehead atoms. The van der Waals surface area contributed by atoms with Gasteiger partial charge in [0.1, 0.15) is 29.5 Å². The van der Waals surface area contributed by atoms with Crippen molar-refractivity contribution in [1.82, 2.24) is 24.3 Å². The molecule has 0 saturated carbocycles. The Kier molecular flexibility index (Phi) is 7.00. The highest BCUT2D eigenvalue weighted by Crippen LogP contribution is 2.31. The van der Waals surface area contributed by atoms with E-state index >= 15 is 0 Å². The molecule has 0 N–H and O–H groups in total. The van der Waals surface area contributed by atoms with Crippen LogP contribution in [0.2, 0.25) is 5.02 Å². The van der Waals surface area contributed by atoms with Crippen molar-refractivity contribution in [2.75, 3.05) is 7.11 Å². The first kappa shape index (κ1) is 25.5. The quantitative estimate of drug-likeness (QED) is 0.283. The van der Waals surface area contributed by atoms with E-state index < -0.39 is 5.56 Å². The number of pyridine rings is 3. The molecule has 5 aromatic rings. The Morgan fingerprint density at radius 2 is 2.03 bits per heavy atom. The molecule has 39 heavy (non-hydrogen) atoms. The number of nitrogens with zero attached hydrogens (tertiary/aromatic N) is 6. The van der Waals surface area contributed by atoms with Crippen molar-refractivity contribution in [3.63, 3.8) is 0 Å². The summed E-state index contributed by atoms with van der Waals surface area (Å²) in [5.74, 6) is 3.41. The van der Waals surface area contributed by atoms with Gasteiger partial charge in [-0.25, -0.2) is 14.6 Å². The highest BCUT2D eigenvalue weighted by Gasteiger charge is 2.17. The summed E-state index contributed by atoms with van der Waals surface area (Å²) in [6, 6.07) is 14.1. The standard InChI is InChI=1S/C29H21ClN6O3/c1-4-19-14-32-36(15-19)25-11-18(2)33-28-21(25)8-5-9-26(28)39-17-22-23(30)12-27(38-3)34-24(22)16-35-10-6-7-20(13-31)29(35)37/h1,5-12,14-15H,16-17H2,2-3H3. The molecule has 0 amide bonds. The van der Waals surface area contributed by atoms with Crippen LogP contribution < -0.4 is 15.0 Å². The zero-order chi connectivity index (χ0) is 27.5. The maximum atomic E-state index is 12.7. The average molecular weight is 537 g/mol. The average Bonchev–Trinajstić information content (AvgIpc) is 3.42. The van der Waals surface area contributed by atoms with E-state index in [-0.39, 0.29) is 18.7 Å². The second-order valence-electron chi connectivity index (χ2n) is 8.58. The van der Waals surface area contributed by atoms with Crippen LogP contribution in [0.5, 0.6) is 11.6 Å². The number of terminal acetylenes is 1. The Hall–Kier alpha value is -5.12. The summed E-state index contributed by atoms with van der Waals surface area (Å²) in [6.07, 6.45) is 10.5. The zero-order valence-corrected chi connectivity index (χ0v) is 21.8. The van der Waals surface area contributed by atoms with Gasteiger partial charge in [-0.1, -0.05) is 29.7 Å². The number of aryl methyl sites for hydroxylation is 1. The number of fused-ring (bicyclic) bond motifs is 1. The first-order valence-electron chi connectivity index (χ1n) is 11.8. The van der Waals surface area contributed by atoms with E-state index in [0.29, 0.717) is 39.0 Å². The Balaban J connectivity index is 1.53. The van der Waals surface area contributed by atoms with Crippen molar-refractivity contribution >= 4 is 22.5 Å². The minimum atomic E-state index is -0.430. The summed E-state index contributed by atoms with van der Waals surface area (Å²) in [7, 11) is 1.48. The fourth-order valence-electron chi connectivity index (χ4n) is 4.18. The van der Waals surface area contributed by atoms with E-state index in [2.05, 4.69) is 16.0 Å². The summed E-state index contributed by atoms with van der Waals surface area (Å²) < 4.78 is 14.7. The van der Waals surface area contributed by atoms with Gasteiger partial charge in [0.05, 0.1) is 41.8 Å². The summed E-state index contributed by atoms with van der Waals surface area (Å²) in [5, 5.41) is 14.8. The van der Waals surface area contributed by atoms with Crippen molar-refractivity contribution in [3.05, 3.63) is 105 Å². The molecule has 5 rings (SSSR count). The molecule has 0 aliphatic rings. The van der Waals surface area contributed by atoms with Gasteiger partial charge in [-0.3, -0.25) is 4.79 Å². The molecule has 192 valence electrons. The molecule has 0 unspecified atom stereocenters. The minimum absolute atomic E-state index is 0.0313. The summed E-state index contributed by atoms with van der Waals surface area (Å²) in [6.45, 7) is 2.00. The normalized spacial score (nSPS) is 10.7. The number of ether oxygens (including phenoxy) is 2. The summed E-state index contributed by atoms with van der Waals surface area (Å²) >= 11 is 6.63. The summed E-state index contributed by atoms with van der Waals surface area (Å²) in [4.78, 5) is 21.9. The van der Waals surface area contributed by atoms with Crippen LogP contribution in [0.15, 0.2) is 65.8 Å². The van der Waals surface area contributed by atoms with Gasteiger partial charge < -0.3 is 14.0 Å². The van der Waals surface area contributed by atoms with E-state index in [9.17, 15) is 10.1 Å². The Morgan fingerprint density at radius 1 is 1.18 bits per heavy atom. The second kappa shape index (κ2) is 10.7. The molecule has 4 aromatic heterocycles. The van der Waals surface area contributed by atoms with Crippen molar-refractivity contribution in [2.24, 2.45) is 0 Å². The van der Waals surface area contributed by atoms with Gasteiger partial charge in [0.25, 0.3) is 5.56 Å². The number of hydrogen-bond donors (Lipinski definition) is 0. The lowest BCUT2D eigenvalue weighted by Crippen LogP contribution is -2.23. The van der Waals surface area contributed by atoms with Gasteiger partial charge in [-0.15, -0.1) is 6.42 Å². The van der Waals surface area contributed by atoms with Crippen molar-refractivity contribution in [1.29, 1.82) is 5.26 Å². The lowest BCUT2D eigenvalue weighted by Gasteiger charge is -2.16. The lowest BCUT2D eigenvalue weighted by molar-refractivity contribution is 0.306. The van der Waals surface area contributed by atoms with Crippen LogP contribution in [0.4, 0.5) is 0 Å². The molecule has 0 aliphatic heterocycles. The van der Waals surface area contributed by atoms with Gasteiger partial charge in [0.2, 0.25) is 5.88 Å². The van der Waals surface area contributed by atoms with E-state index in [1.54, 1.807) is 35.4 Å². The highest BCUT2D eigenvalue weighted by molar-refractivity contribution is 6.31. The number of halogens is 1. The molecule has 0 radical (unpaired) electrons. The Labute approximate surface area is 228 Å². The number of aromatic nitrogens is 5. The van der Waals surface area contributed by atoms with Gasteiger partial charge in [0.15, 0.2) is 0 Å². The maximum absolute atomic E-state index is 12.7. The smallest absolute Gasteiger partial charge is 0.268 e. The van der Waals surface area contributed by atoms with Gasteiger partial charge in [0, 0.05) is 35.1 Å². The van der Waals surface area contributed by atoms with Crippen LogP contribution in [-0.4, -0.2) is 31.4 Å². The van der Waals surface area contributed by atoms with Crippen molar-refractivity contribution in [2.45, 2.75) is 20.1 Å². The van der Waals surface area contributed by atoms with Crippen LogP contribution in [-0.2, 0) is 13.2 Å². The number of nitriles is 1. The van der Waals surface area contributed by atoms with Gasteiger partial charge in [-0.05, 0) is 31.2 Å². The fourth-order valence-corrected chi connectivity index (χ4v) is 4.43. The number of hydrogen-bond acceptors (Lipinski definition) is 7. The predicted octanol–water partition coefficient (Wildman–Crippen LogP) is 4.43. The molecule has 0 atom stereocenters. The first-order valence-corrected chi connectivity index (χ1v) is 12.2. The second-order valence-corrected chi connectivity index (χ2v) is 8.99. The summed E-state index contributed by atoms with van der Waals surface area (Å²) in [5.41, 5.74) is 3.53. The number of methoxy groups -OCH3 is 1. The molecule has 10 heteroatoms. The highest BCUT2D eigenvalue weighted by atomic mass is 35.5. The van der Waals surface area contributed by atoms with E-state index in [1.807, 2.05) is 37.3 Å². The molecule has 1 aromatic carbocycles. The molecule has 0 fully saturated rings. The predicted molar refractivity (Wildman–Crippen MR) is 146 cm³/mol. The van der Waals surface area contributed by atoms with E-state index in [1.165, 1.54) is 17.7 Å². The molecule has 4 heterocycles. The molecular weight excluding hydrogens is 516 g/mol. The van der Waals surface area contributed by atoms with Crippen molar-refractivity contribution in [3.8, 4) is 35.7 Å².